The number of ether oxygens (including phenoxy) is 2. The summed E-state index contributed by atoms with van der Waals surface area (Å²) in [6.07, 6.45) is 1.81. The highest BCUT2D eigenvalue weighted by Gasteiger charge is 2.35. The molecule has 0 spiro atoms. The van der Waals surface area contributed by atoms with E-state index in [-0.39, 0.29) is 34.0 Å². The van der Waals surface area contributed by atoms with Gasteiger partial charge in [-0.05, 0) is 86.3 Å². The first-order valence-corrected chi connectivity index (χ1v) is 15.3. The number of nitrogens with zero attached hydrogens (tertiary/aromatic N) is 2. The minimum absolute atomic E-state index is 0.00634. The summed E-state index contributed by atoms with van der Waals surface area (Å²) in [5.74, 6) is -0.0407. The third-order valence-electron chi connectivity index (χ3n) is 7.41. The number of nitrogens with one attached hydrogen (secondary N) is 1. The lowest BCUT2D eigenvalue weighted by molar-refractivity contribution is -0.120. The molecule has 41 heavy (non-hydrogen) atoms. The molecule has 2 aliphatic rings. The van der Waals surface area contributed by atoms with Crippen LogP contribution in [0.4, 0.5) is 11.4 Å². The molecule has 0 saturated carbocycles. The third-order valence-corrected chi connectivity index (χ3v) is 9.53. The molecule has 0 radical (unpaired) electrons. The normalized spacial score (nSPS) is 17.1. The number of carbonyl (C=O) groups is 2. The Morgan fingerprint density at radius 2 is 1.83 bits per heavy atom. The average molecular weight is 598 g/mol. The van der Waals surface area contributed by atoms with Crippen molar-refractivity contribution in [1.29, 1.82) is 0 Å². The van der Waals surface area contributed by atoms with Crippen molar-refractivity contribution < 1.29 is 27.5 Å². The van der Waals surface area contributed by atoms with Gasteiger partial charge in [0.15, 0.2) is 0 Å². The second-order valence-corrected chi connectivity index (χ2v) is 12.3. The molecule has 9 nitrogen and oxygen atoms in total. The summed E-state index contributed by atoms with van der Waals surface area (Å²) in [6, 6.07) is 17.0. The molecule has 0 aliphatic carbocycles. The summed E-state index contributed by atoms with van der Waals surface area (Å²) < 4.78 is 39.2. The monoisotopic (exact) mass is 597 g/mol. The Balaban J connectivity index is 1.30. The Bertz CT molecular complexity index is 1560. The zero-order chi connectivity index (χ0) is 29.1. The number of hydrogen-bond acceptors (Lipinski definition) is 6. The van der Waals surface area contributed by atoms with Crippen LogP contribution < -0.4 is 19.7 Å². The van der Waals surface area contributed by atoms with Crippen molar-refractivity contribution in [2.75, 3.05) is 43.6 Å². The van der Waals surface area contributed by atoms with E-state index >= 15 is 0 Å². The number of carbonyl (C=O) groups excluding carboxylic acids is 2. The standard InChI is InChI=1S/C30H32ClN3O6S/c1-3-40-27-13-9-23(31)17-28(27)41(37,38)33-15-4-5-22(19-33)29(35)32-24-10-6-20-14-16-34(26(20)18-24)30(36)21-7-11-25(39-2)12-8-21/h6-13,17-18,22H,3-5,14-16,19H2,1-2H3,(H,32,35)/t22-/m0/s1. The summed E-state index contributed by atoms with van der Waals surface area (Å²) in [5, 5.41) is 3.23. The number of methoxy groups -OCH3 is 1. The van der Waals surface area contributed by atoms with E-state index in [0.29, 0.717) is 56.0 Å². The first kappa shape index (κ1) is 28.9. The quantitative estimate of drug-likeness (QED) is 0.392. The molecule has 2 heterocycles. The van der Waals surface area contributed by atoms with Crippen molar-refractivity contribution in [1.82, 2.24) is 4.31 Å². The topological polar surface area (TPSA) is 105 Å². The van der Waals surface area contributed by atoms with Gasteiger partial charge in [-0.15, -0.1) is 0 Å². The maximum Gasteiger partial charge on any atom is 0.258 e. The van der Waals surface area contributed by atoms with Crippen LogP contribution >= 0.6 is 11.6 Å². The summed E-state index contributed by atoms with van der Waals surface area (Å²) in [5.41, 5.74) is 2.87. The fourth-order valence-electron chi connectivity index (χ4n) is 5.27. The van der Waals surface area contributed by atoms with Crippen LogP contribution in [0.25, 0.3) is 0 Å². The van der Waals surface area contributed by atoms with Crippen molar-refractivity contribution in [2.24, 2.45) is 5.92 Å². The second-order valence-electron chi connectivity index (χ2n) is 9.99. The minimum atomic E-state index is -3.94. The van der Waals surface area contributed by atoms with Crippen LogP contribution in [0.3, 0.4) is 0 Å². The van der Waals surface area contributed by atoms with Gasteiger partial charge in [0, 0.05) is 41.6 Å². The van der Waals surface area contributed by atoms with Crippen LogP contribution in [0.15, 0.2) is 65.6 Å². The van der Waals surface area contributed by atoms with Crippen LogP contribution in [-0.4, -0.2) is 57.9 Å². The molecule has 3 aromatic carbocycles. The summed E-state index contributed by atoms with van der Waals surface area (Å²) in [6.45, 7) is 2.96. The number of halogens is 1. The van der Waals surface area contributed by atoms with Gasteiger partial charge in [-0.3, -0.25) is 9.59 Å². The van der Waals surface area contributed by atoms with Crippen molar-refractivity contribution in [3.8, 4) is 11.5 Å². The van der Waals surface area contributed by atoms with E-state index in [0.717, 1.165) is 11.3 Å². The van der Waals surface area contributed by atoms with Gasteiger partial charge in [0.05, 0.1) is 19.6 Å². The number of amides is 2. The maximum atomic E-state index is 13.6. The smallest absolute Gasteiger partial charge is 0.258 e. The number of benzene rings is 3. The van der Waals surface area contributed by atoms with E-state index < -0.39 is 15.9 Å². The molecule has 2 aliphatic heterocycles. The molecule has 1 saturated heterocycles. The lowest BCUT2D eigenvalue weighted by Crippen LogP contribution is -2.43. The van der Waals surface area contributed by atoms with E-state index in [9.17, 15) is 18.0 Å². The largest absolute Gasteiger partial charge is 0.497 e. The van der Waals surface area contributed by atoms with Crippen LogP contribution in [0.2, 0.25) is 5.02 Å². The van der Waals surface area contributed by atoms with Gasteiger partial charge in [0.25, 0.3) is 5.91 Å². The molecule has 0 aromatic heterocycles. The van der Waals surface area contributed by atoms with E-state index in [1.54, 1.807) is 61.4 Å². The van der Waals surface area contributed by atoms with E-state index in [2.05, 4.69) is 5.32 Å². The predicted molar refractivity (Wildman–Crippen MR) is 158 cm³/mol. The number of hydrogen-bond donors (Lipinski definition) is 1. The van der Waals surface area contributed by atoms with E-state index in [1.807, 2.05) is 12.1 Å². The zero-order valence-corrected chi connectivity index (χ0v) is 24.5. The van der Waals surface area contributed by atoms with Gasteiger partial charge in [0.2, 0.25) is 15.9 Å². The Hall–Kier alpha value is -3.60. The summed E-state index contributed by atoms with van der Waals surface area (Å²) >= 11 is 6.12. The number of rotatable bonds is 8. The van der Waals surface area contributed by atoms with Crippen molar-refractivity contribution in [3.05, 3.63) is 76.8 Å². The van der Waals surface area contributed by atoms with Gasteiger partial charge in [-0.25, -0.2) is 8.42 Å². The number of sulfonamides is 1. The SMILES string of the molecule is CCOc1ccc(Cl)cc1S(=O)(=O)N1CCC[C@H](C(=O)Nc2ccc3c(c2)N(C(=O)c2ccc(OC)cc2)CC3)C1. The summed E-state index contributed by atoms with van der Waals surface area (Å²) in [7, 11) is -2.37. The fourth-order valence-corrected chi connectivity index (χ4v) is 7.19. The highest BCUT2D eigenvalue weighted by Crippen LogP contribution is 2.34. The van der Waals surface area contributed by atoms with E-state index in [1.165, 1.54) is 10.4 Å². The molecule has 1 atom stereocenters. The van der Waals surface area contributed by atoms with Crippen molar-refractivity contribution in [2.45, 2.75) is 31.1 Å². The molecule has 0 bridgehead atoms. The Labute approximate surface area is 245 Å². The number of fused-ring (bicyclic) bond motifs is 1. The fraction of sp³-hybridized carbons (Fsp3) is 0.333. The van der Waals surface area contributed by atoms with Gasteiger partial charge < -0.3 is 19.7 Å². The molecular formula is C30H32ClN3O6S. The molecule has 5 rings (SSSR count). The highest BCUT2D eigenvalue weighted by molar-refractivity contribution is 7.89. The molecule has 0 unspecified atom stereocenters. The zero-order valence-electron chi connectivity index (χ0n) is 22.9. The molecule has 2 amide bonds. The second kappa shape index (κ2) is 12.1. The number of piperidine rings is 1. The van der Waals surface area contributed by atoms with Crippen LogP contribution in [0.1, 0.15) is 35.7 Å². The average Bonchev–Trinajstić information content (AvgIpc) is 3.41. The lowest BCUT2D eigenvalue weighted by Gasteiger charge is -2.31. The third kappa shape index (κ3) is 6.05. The molecular weight excluding hydrogens is 566 g/mol. The first-order chi connectivity index (χ1) is 19.7. The first-order valence-electron chi connectivity index (χ1n) is 13.5. The molecule has 3 aromatic rings. The lowest BCUT2D eigenvalue weighted by atomic mass is 9.98. The summed E-state index contributed by atoms with van der Waals surface area (Å²) in [4.78, 5) is 28.3. The van der Waals surface area contributed by atoms with Gasteiger partial charge in [-0.1, -0.05) is 17.7 Å². The van der Waals surface area contributed by atoms with Gasteiger partial charge >= 0.3 is 0 Å². The number of anilines is 2. The molecule has 1 fully saturated rings. The molecule has 216 valence electrons. The Morgan fingerprint density at radius 1 is 1.05 bits per heavy atom. The van der Waals surface area contributed by atoms with Gasteiger partial charge in [0.1, 0.15) is 16.4 Å². The van der Waals surface area contributed by atoms with E-state index in [4.69, 9.17) is 21.1 Å². The Kier molecular flexibility index (Phi) is 8.53. The highest BCUT2D eigenvalue weighted by atomic mass is 35.5. The molecule has 1 N–H and O–H groups in total. The predicted octanol–water partition coefficient (Wildman–Crippen LogP) is 4.99. The van der Waals surface area contributed by atoms with Crippen LogP contribution in [0, 0.1) is 5.92 Å². The Morgan fingerprint density at radius 3 is 2.56 bits per heavy atom. The molecule has 11 heteroatoms. The van der Waals surface area contributed by atoms with Gasteiger partial charge in [-0.2, -0.15) is 4.31 Å². The van der Waals surface area contributed by atoms with Crippen molar-refractivity contribution >= 4 is 44.8 Å². The van der Waals surface area contributed by atoms with Crippen LogP contribution in [0.5, 0.6) is 11.5 Å². The maximum absolute atomic E-state index is 13.6. The minimum Gasteiger partial charge on any atom is -0.497 e. The van der Waals surface area contributed by atoms with Crippen molar-refractivity contribution in [3.63, 3.8) is 0 Å². The van der Waals surface area contributed by atoms with Crippen LogP contribution in [-0.2, 0) is 21.2 Å².